The summed E-state index contributed by atoms with van der Waals surface area (Å²) in [6.45, 7) is 8.68. The summed E-state index contributed by atoms with van der Waals surface area (Å²) in [7, 11) is 0. The number of aromatic nitrogens is 2. The predicted molar refractivity (Wildman–Crippen MR) is 60.2 cm³/mol. The van der Waals surface area contributed by atoms with Crippen LogP contribution in [0.5, 0.6) is 0 Å². The van der Waals surface area contributed by atoms with Gasteiger partial charge >= 0.3 is 0 Å². The third kappa shape index (κ3) is 3.21. The maximum absolute atomic E-state index is 4.30. The van der Waals surface area contributed by atoms with Crippen molar-refractivity contribution in [2.24, 2.45) is 0 Å². The predicted octanol–water partition coefficient (Wildman–Crippen LogP) is 3.86. The van der Waals surface area contributed by atoms with Crippen LogP contribution in [0.3, 0.4) is 0 Å². The Hall–Kier alpha value is -0.790. The molecule has 2 heteroatoms. The molecule has 0 unspecified atom stereocenters. The van der Waals surface area contributed by atoms with Crippen LogP contribution in [0.2, 0.25) is 0 Å². The lowest BCUT2D eigenvalue weighted by Crippen LogP contribution is -2.06. The number of imidazole rings is 1. The molecule has 0 saturated heterocycles. The molecule has 1 aromatic heterocycles. The van der Waals surface area contributed by atoms with Crippen LogP contribution in [0, 0.1) is 0 Å². The van der Waals surface area contributed by atoms with Gasteiger partial charge in [-0.25, -0.2) is 4.98 Å². The largest absolute Gasteiger partial charge is 0.332 e. The summed E-state index contributed by atoms with van der Waals surface area (Å²) in [5.74, 6) is 1.70. The Labute approximate surface area is 83.0 Å². The van der Waals surface area contributed by atoms with Gasteiger partial charge in [0.1, 0.15) is 5.82 Å². The first-order valence-electron chi connectivity index (χ1n) is 4.15. The van der Waals surface area contributed by atoms with E-state index in [0.29, 0.717) is 12.0 Å². The van der Waals surface area contributed by atoms with Crippen molar-refractivity contribution in [3.05, 3.63) is 18.2 Å². The van der Waals surface area contributed by atoms with Crippen LogP contribution in [0.15, 0.2) is 12.4 Å². The highest BCUT2D eigenvalue weighted by Gasteiger charge is 2.08. The van der Waals surface area contributed by atoms with Crippen LogP contribution in [0.1, 0.15) is 60.3 Å². The molecule has 13 heavy (non-hydrogen) atoms. The Morgan fingerprint density at radius 3 is 2.00 bits per heavy atom. The highest BCUT2D eigenvalue weighted by atomic mass is 15.1. The van der Waals surface area contributed by atoms with Crippen LogP contribution in [0.25, 0.3) is 0 Å². The molecule has 0 aromatic carbocycles. The van der Waals surface area contributed by atoms with E-state index in [4.69, 9.17) is 0 Å². The zero-order chi connectivity index (χ0) is 8.43. The average molecular weight is 184 g/mol. The van der Waals surface area contributed by atoms with Crippen molar-refractivity contribution in [3.8, 4) is 0 Å². The van der Waals surface area contributed by atoms with E-state index in [1.165, 1.54) is 5.82 Å². The summed E-state index contributed by atoms with van der Waals surface area (Å²) in [5, 5.41) is 0. The fourth-order valence-electron chi connectivity index (χ4n) is 1.21. The molecule has 0 N–H and O–H groups in total. The molecule has 0 aliphatic rings. The molecule has 1 aromatic rings. The van der Waals surface area contributed by atoms with Crippen LogP contribution in [0.4, 0.5) is 0 Å². The van der Waals surface area contributed by atoms with E-state index in [-0.39, 0.29) is 14.9 Å². The third-order valence-electron chi connectivity index (χ3n) is 1.77. The standard InChI is InChI=1S/C9H16N2.2CH4/c1-7(2)9-10-5-6-11(9)8(3)4;;/h5-8H,1-4H3;2*1H4. The van der Waals surface area contributed by atoms with E-state index in [1.807, 2.05) is 12.4 Å². The topological polar surface area (TPSA) is 17.8 Å². The Morgan fingerprint density at radius 1 is 1.15 bits per heavy atom. The fraction of sp³-hybridized carbons (Fsp3) is 0.727. The number of nitrogens with zero attached hydrogens (tertiary/aromatic N) is 2. The van der Waals surface area contributed by atoms with Crippen molar-refractivity contribution in [3.63, 3.8) is 0 Å². The lowest BCUT2D eigenvalue weighted by molar-refractivity contribution is 0.550. The van der Waals surface area contributed by atoms with Crippen LogP contribution in [-0.2, 0) is 0 Å². The molecule has 0 aliphatic heterocycles. The molecule has 0 bridgehead atoms. The molecule has 2 nitrogen and oxygen atoms in total. The second kappa shape index (κ2) is 5.79. The first-order valence-corrected chi connectivity index (χ1v) is 4.15. The Balaban J connectivity index is 0. The third-order valence-corrected chi connectivity index (χ3v) is 1.77. The minimum atomic E-state index is 0. The zero-order valence-corrected chi connectivity index (χ0v) is 7.70. The van der Waals surface area contributed by atoms with Crippen molar-refractivity contribution in [2.75, 3.05) is 0 Å². The van der Waals surface area contributed by atoms with Crippen molar-refractivity contribution in [2.45, 2.75) is 54.5 Å². The van der Waals surface area contributed by atoms with Gasteiger partial charge in [0.2, 0.25) is 0 Å². The van der Waals surface area contributed by atoms with Crippen LogP contribution < -0.4 is 0 Å². The lowest BCUT2D eigenvalue weighted by atomic mass is 10.2. The normalized spacial score (nSPS) is 9.69. The highest BCUT2D eigenvalue weighted by Crippen LogP contribution is 2.15. The van der Waals surface area contributed by atoms with E-state index >= 15 is 0 Å². The Kier molecular flexibility index (Phi) is 6.55. The second-order valence-electron chi connectivity index (χ2n) is 3.44. The van der Waals surface area contributed by atoms with Gasteiger partial charge in [0.15, 0.2) is 0 Å². The molecule has 0 atom stereocenters. The molecule has 0 amide bonds. The summed E-state index contributed by atoms with van der Waals surface area (Å²) in [5.41, 5.74) is 0. The molecule has 0 aliphatic carbocycles. The summed E-state index contributed by atoms with van der Waals surface area (Å²) < 4.78 is 2.21. The van der Waals surface area contributed by atoms with Gasteiger partial charge in [-0.15, -0.1) is 0 Å². The first kappa shape index (κ1) is 14.7. The van der Waals surface area contributed by atoms with Crippen molar-refractivity contribution in [1.29, 1.82) is 0 Å². The van der Waals surface area contributed by atoms with Gasteiger partial charge < -0.3 is 4.57 Å². The van der Waals surface area contributed by atoms with Crippen LogP contribution >= 0.6 is 0 Å². The minimum absolute atomic E-state index is 0. The van der Waals surface area contributed by atoms with Gasteiger partial charge in [-0.1, -0.05) is 28.7 Å². The SMILES string of the molecule is C.C.CC(C)c1nccn1C(C)C. The minimum Gasteiger partial charge on any atom is -0.332 e. The number of rotatable bonds is 2. The Bertz CT molecular complexity index is 201. The van der Waals surface area contributed by atoms with E-state index in [1.54, 1.807) is 0 Å². The van der Waals surface area contributed by atoms with Gasteiger partial charge in [0.05, 0.1) is 0 Å². The summed E-state index contributed by atoms with van der Waals surface area (Å²) in [4.78, 5) is 4.30. The molecule has 1 heterocycles. The quantitative estimate of drug-likeness (QED) is 0.682. The smallest absolute Gasteiger partial charge is 0.111 e. The van der Waals surface area contributed by atoms with E-state index in [0.717, 1.165) is 0 Å². The van der Waals surface area contributed by atoms with Gasteiger partial charge in [-0.2, -0.15) is 0 Å². The van der Waals surface area contributed by atoms with E-state index < -0.39 is 0 Å². The average Bonchev–Trinajstić information content (AvgIpc) is 2.32. The first-order chi connectivity index (χ1) is 5.13. The molecule has 0 saturated carbocycles. The maximum Gasteiger partial charge on any atom is 0.111 e. The fourth-order valence-corrected chi connectivity index (χ4v) is 1.21. The van der Waals surface area contributed by atoms with Crippen molar-refractivity contribution >= 4 is 0 Å². The van der Waals surface area contributed by atoms with Gasteiger partial charge in [0, 0.05) is 24.4 Å². The maximum atomic E-state index is 4.30. The number of hydrogen-bond donors (Lipinski definition) is 0. The molecular formula is C11H24N2. The monoisotopic (exact) mass is 184 g/mol. The summed E-state index contributed by atoms with van der Waals surface area (Å²) in [6, 6.07) is 0.523. The van der Waals surface area contributed by atoms with Gasteiger partial charge in [0.25, 0.3) is 0 Å². The molecular weight excluding hydrogens is 160 g/mol. The van der Waals surface area contributed by atoms with Crippen molar-refractivity contribution in [1.82, 2.24) is 9.55 Å². The van der Waals surface area contributed by atoms with E-state index in [2.05, 4.69) is 37.2 Å². The van der Waals surface area contributed by atoms with Gasteiger partial charge in [-0.05, 0) is 13.8 Å². The molecule has 1 rings (SSSR count). The zero-order valence-electron chi connectivity index (χ0n) is 7.70. The lowest BCUT2D eigenvalue weighted by Gasteiger charge is -2.13. The Morgan fingerprint density at radius 2 is 1.69 bits per heavy atom. The molecule has 0 spiro atoms. The van der Waals surface area contributed by atoms with Gasteiger partial charge in [-0.3, -0.25) is 0 Å². The highest BCUT2D eigenvalue weighted by molar-refractivity contribution is 4.98. The second-order valence-corrected chi connectivity index (χ2v) is 3.44. The molecule has 78 valence electrons. The number of hydrogen-bond acceptors (Lipinski definition) is 1. The summed E-state index contributed by atoms with van der Waals surface area (Å²) >= 11 is 0. The summed E-state index contributed by atoms with van der Waals surface area (Å²) in [6.07, 6.45) is 3.91. The van der Waals surface area contributed by atoms with Crippen molar-refractivity contribution < 1.29 is 0 Å². The van der Waals surface area contributed by atoms with E-state index in [9.17, 15) is 0 Å². The van der Waals surface area contributed by atoms with Crippen LogP contribution in [-0.4, -0.2) is 9.55 Å². The molecule has 0 fully saturated rings. The molecule has 0 radical (unpaired) electrons.